The first-order valence-corrected chi connectivity index (χ1v) is 10.9. The summed E-state index contributed by atoms with van der Waals surface area (Å²) in [6.07, 6.45) is 1.49. The molecule has 11 heteroatoms. The second-order valence-electron chi connectivity index (χ2n) is 7.72. The molecule has 3 rings (SSSR count). The van der Waals surface area contributed by atoms with Crippen LogP contribution in [0.4, 0.5) is 0 Å². The van der Waals surface area contributed by atoms with Crippen LogP contribution in [-0.2, 0) is 16.0 Å². The van der Waals surface area contributed by atoms with E-state index in [1.807, 2.05) is 0 Å². The van der Waals surface area contributed by atoms with Gasteiger partial charge in [-0.15, -0.1) is 0 Å². The highest BCUT2D eigenvalue weighted by Gasteiger charge is 2.18. The van der Waals surface area contributed by atoms with Gasteiger partial charge in [-0.1, -0.05) is 48.1 Å². The van der Waals surface area contributed by atoms with Gasteiger partial charge in [-0.3, -0.25) is 14.3 Å². The zero-order chi connectivity index (χ0) is 25.9. The summed E-state index contributed by atoms with van der Waals surface area (Å²) in [7, 11) is 0. The molecule has 2 aromatic carbocycles. The lowest BCUT2D eigenvalue weighted by Gasteiger charge is -2.18. The van der Waals surface area contributed by atoms with Gasteiger partial charge in [0, 0.05) is 29.3 Å². The lowest BCUT2D eigenvalue weighted by Crippen LogP contribution is -2.32. The smallest absolute Gasteiger partial charge is 0.338 e. The molecule has 184 valence electrons. The average Bonchev–Trinajstić information content (AvgIpc) is 2.89. The Morgan fingerprint density at radius 3 is 2.00 bits per heavy atom. The van der Waals surface area contributed by atoms with Crippen molar-refractivity contribution in [2.45, 2.75) is 13.0 Å². The summed E-state index contributed by atoms with van der Waals surface area (Å²) in [6, 6.07) is 16.8. The molecule has 0 aliphatic rings. The molecule has 3 aromatic rings. The van der Waals surface area contributed by atoms with Crippen molar-refractivity contribution in [2.24, 2.45) is 11.0 Å². The molecule has 0 saturated heterocycles. The van der Waals surface area contributed by atoms with Crippen molar-refractivity contribution in [3.63, 3.8) is 0 Å². The van der Waals surface area contributed by atoms with Gasteiger partial charge in [0.15, 0.2) is 0 Å². The number of hydrogen-bond donors (Lipinski definition) is 1. The van der Waals surface area contributed by atoms with Gasteiger partial charge in [0.05, 0.1) is 29.9 Å². The Balaban J connectivity index is 1.73. The molecule has 0 amide bonds. The number of nitrogens with zero attached hydrogens (tertiary/aromatic N) is 4. The Bertz CT molecular complexity index is 1340. The van der Waals surface area contributed by atoms with E-state index in [-0.39, 0.29) is 37.4 Å². The fraction of sp³-hybridized carbons (Fsp3) is 0.200. The second kappa shape index (κ2) is 12.5. The maximum Gasteiger partial charge on any atom is 0.338 e. The van der Waals surface area contributed by atoms with E-state index in [0.29, 0.717) is 11.1 Å². The first kappa shape index (κ1) is 25.7. The normalized spacial score (nSPS) is 10.4. The van der Waals surface area contributed by atoms with Gasteiger partial charge in [-0.05, 0) is 36.2 Å². The van der Waals surface area contributed by atoms with Gasteiger partial charge < -0.3 is 9.47 Å². The molecule has 1 aromatic heterocycles. The van der Waals surface area contributed by atoms with Crippen molar-refractivity contribution in [3.8, 4) is 0 Å². The molecule has 11 nitrogen and oxygen atoms in total. The molecule has 36 heavy (non-hydrogen) atoms. The van der Waals surface area contributed by atoms with E-state index in [4.69, 9.17) is 15.0 Å². The largest absolute Gasteiger partial charge is 0.462 e. The molecule has 0 radical (unpaired) electrons. The van der Waals surface area contributed by atoms with Crippen molar-refractivity contribution in [1.82, 2.24) is 9.55 Å². The molecule has 0 aliphatic heterocycles. The van der Waals surface area contributed by atoms with Crippen LogP contribution < -0.4 is 11.2 Å². The van der Waals surface area contributed by atoms with E-state index in [0.717, 1.165) is 0 Å². The Labute approximate surface area is 205 Å². The fourth-order valence-electron chi connectivity index (χ4n) is 3.23. The summed E-state index contributed by atoms with van der Waals surface area (Å²) < 4.78 is 12.0. The topological polar surface area (TPSA) is 156 Å². The minimum Gasteiger partial charge on any atom is -0.462 e. The van der Waals surface area contributed by atoms with E-state index in [2.05, 4.69) is 21.6 Å². The number of aromatic amines is 1. The lowest BCUT2D eigenvalue weighted by atomic mass is 10.1. The van der Waals surface area contributed by atoms with Crippen LogP contribution in [0.15, 0.2) is 88.1 Å². The molecular weight excluding hydrogens is 466 g/mol. The number of hydrogen-bond acceptors (Lipinski definition) is 7. The highest BCUT2D eigenvalue weighted by Crippen LogP contribution is 2.13. The molecule has 0 unspecified atom stereocenters. The highest BCUT2D eigenvalue weighted by molar-refractivity contribution is 5.89. The first-order valence-electron chi connectivity index (χ1n) is 10.9. The van der Waals surface area contributed by atoms with Crippen LogP contribution in [0.3, 0.4) is 0 Å². The van der Waals surface area contributed by atoms with Crippen molar-refractivity contribution in [3.05, 3.63) is 121 Å². The molecule has 0 bridgehead atoms. The summed E-state index contributed by atoms with van der Waals surface area (Å²) in [5.74, 6) is -1.54. The number of carbonyl (C=O) groups is 2. The van der Waals surface area contributed by atoms with Crippen LogP contribution in [-0.4, -0.2) is 34.7 Å². The average molecular weight is 489 g/mol. The van der Waals surface area contributed by atoms with Crippen LogP contribution in [0.2, 0.25) is 0 Å². The van der Waals surface area contributed by atoms with Crippen molar-refractivity contribution >= 4 is 17.6 Å². The number of nitrogens with one attached hydrogen (secondary N) is 1. The molecule has 0 atom stereocenters. The van der Waals surface area contributed by atoms with Gasteiger partial charge >= 0.3 is 17.6 Å². The fourth-order valence-corrected chi connectivity index (χ4v) is 3.23. The van der Waals surface area contributed by atoms with Crippen LogP contribution >= 0.6 is 0 Å². The molecule has 1 heterocycles. The van der Waals surface area contributed by atoms with Crippen LogP contribution in [0, 0.1) is 5.92 Å². The number of benzene rings is 2. The minimum atomic E-state index is -0.737. The van der Waals surface area contributed by atoms with E-state index in [1.165, 1.54) is 10.8 Å². The molecule has 0 fully saturated rings. The number of aryl methyl sites for hydroxylation is 1. The Hall–Kier alpha value is -4.89. The number of esters is 2. The van der Waals surface area contributed by atoms with Crippen LogP contribution in [0.1, 0.15) is 32.7 Å². The predicted octanol–water partition coefficient (Wildman–Crippen LogP) is 3.54. The summed E-state index contributed by atoms with van der Waals surface area (Å²) in [6.45, 7) is 3.46. The second-order valence-corrected chi connectivity index (χ2v) is 7.72. The van der Waals surface area contributed by atoms with Gasteiger partial charge in [0.1, 0.15) is 0 Å². The van der Waals surface area contributed by atoms with Crippen LogP contribution in [0.25, 0.3) is 16.1 Å². The zero-order valence-electron chi connectivity index (χ0n) is 19.2. The third-order valence-corrected chi connectivity index (χ3v) is 5.18. The highest BCUT2D eigenvalue weighted by atomic mass is 16.5. The lowest BCUT2D eigenvalue weighted by molar-refractivity contribution is 0.0240. The van der Waals surface area contributed by atoms with E-state index in [1.54, 1.807) is 60.7 Å². The van der Waals surface area contributed by atoms with E-state index >= 15 is 0 Å². The van der Waals surface area contributed by atoms with Gasteiger partial charge in [0.25, 0.3) is 5.56 Å². The van der Waals surface area contributed by atoms with Crippen molar-refractivity contribution in [2.75, 3.05) is 13.2 Å². The maximum atomic E-state index is 12.4. The number of carbonyl (C=O) groups excluding carboxylic acids is 2. The predicted molar refractivity (Wildman–Crippen MR) is 131 cm³/mol. The SMILES string of the molecule is C=C(N=[N+]=[N-])c1cn(CCC(COC(=O)c2ccccc2)COC(=O)c2ccccc2)c(=O)[nH]c1=O. The summed E-state index contributed by atoms with van der Waals surface area (Å²) >= 11 is 0. The van der Waals surface area contributed by atoms with Gasteiger partial charge in [0.2, 0.25) is 0 Å². The zero-order valence-corrected chi connectivity index (χ0v) is 19.2. The Kier molecular flexibility index (Phi) is 8.96. The third-order valence-electron chi connectivity index (χ3n) is 5.18. The molecule has 1 N–H and O–H groups in total. The van der Waals surface area contributed by atoms with Crippen molar-refractivity contribution < 1.29 is 19.1 Å². The molecule has 0 aliphatic carbocycles. The monoisotopic (exact) mass is 489 g/mol. The number of H-pyrrole nitrogens is 1. The summed E-state index contributed by atoms with van der Waals surface area (Å²) in [5, 5.41) is 3.31. The molecular formula is C25H23N5O6. The number of aromatic nitrogens is 2. The van der Waals surface area contributed by atoms with E-state index in [9.17, 15) is 19.2 Å². The number of ether oxygens (including phenoxy) is 2. The van der Waals surface area contributed by atoms with Gasteiger partial charge in [-0.25, -0.2) is 14.4 Å². The minimum absolute atomic E-state index is 0.0602. The van der Waals surface area contributed by atoms with Crippen LogP contribution in [0.5, 0.6) is 0 Å². The van der Waals surface area contributed by atoms with Gasteiger partial charge in [-0.2, -0.15) is 0 Å². The summed E-state index contributed by atoms with van der Waals surface area (Å²) in [5.41, 5.74) is 7.72. The standard InChI is InChI=1S/C25H23N5O6/c1-17(28-29-26)21-14-30(25(34)27-22(21)31)13-12-18(15-35-23(32)19-8-4-2-5-9-19)16-36-24(33)20-10-6-3-7-11-20/h2-11,14,18H,1,12-13,15-16H2,(H,27,31,34). The third kappa shape index (κ3) is 7.05. The number of rotatable bonds is 11. The van der Waals surface area contributed by atoms with Crippen molar-refractivity contribution in [1.29, 1.82) is 0 Å². The molecule has 0 spiro atoms. The summed E-state index contributed by atoms with van der Waals surface area (Å²) in [4.78, 5) is 53.8. The first-order chi connectivity index (χ1) is 17.4. The maximum absolute atomic E-state index is 12.4. The number of azide groups is 1. The Morgan fingerprint density at radius 1 is 0.972 bits per heavy atom. The molecule has 0 saturated carbocycles. The quantitative estimate of drug-likeness (QED) is 0.188. The van der Waals surface area contributed by atoms with E-state index < -0.39 is 29.1 Å². The Morgan fingerprint density at radius 2 is 1.50 bits per heavy atom.